The second kappa shape index (κ2) is 12.6. The molecule has 186 valence electrons. The van der Waals surface area contributed by atoms with Crippen LogP contribution >= 0.6 is 0 Å². The molecule has 4 rings (SSSR count). The summed E-state index contributed by atoms with van der Waals surface area (Å²) >= 11 is 0. The molecule has 0 aliphatic heterocycles. The quantitative estimate of drug-likeness (QED) is 0.272. The molecule has 0 bridgehead atoms. The van der Waals surface area contributed by atoms with E-state index in [9.17, 15) is 4.79 Å². The number of ether oxygens (including phenoxy) is 2. The van der Waals surface area contributed by atoms with E-state index in [1.807, 2.05) is 85.8 Å². The maximum atomic E-state index is 12.3. The Morgan fingerprint density at radius 1 is 1.03 bits per heavy atom. The van der Waals surface area contributed by atoms with Gasteiger partial charge in [-0.05, 0) is 48.7 Å². The van der Waals surface area contributed by atoms with E-state index in [4.69, 9.17) is 14.5 Å². The summed E-state index contributed by atoms with van der Waals surface area (Å²) in [6.45, 7) is 3.86. The summed E-state index contributed by atoms with van der Waals surface area (Å²) in [4.78, 5) is 17.2. The average Bonchev–Trinajstić information content (AvgIpc) is 3.25. The van der Waals surface area contributed by atoms with E-state index in [1.165, 1.54) is 0 Å². The van der Waals surface area contributed by atoms with E-state index in [0.717, 1.165) is 52.4 Å². The van der Waals surface area contributed by atoms with Gasteiger partial charge >= 0.3 is 0 Å². The Hall–Kier alpha value is -4.06. The molecule has 0 saturated heterocycles. The highest BCUT2D eigenvalue weighted by molar-refractivity contribution is 5.78. The zero-order valence-electron chi connectivity index (χ0n) is 20.9. The van der Waals surface area contributed by atoms with Crippen molar-refractivity contribution in [2.45, 2.75) is 32.7 Å². The number of fused-ring (bicyclic) bond motifs is 1. The Morgan fingerprint density at radius 3 is 2.64 bits per heavy atom. The van der Waals surface area contributed by atoms with Crippen molar-refractivity contribution < 1.29 is 14.3 Å². The molecule has 1 aromatic heterocycles. The Morgan fingerprint density at radius 2 is 1.83 bits per heavy atom. The van der Waals surface area contributed by atoms with Gasteiger partial charge in [-0.1, -0.05) is 60.7 Å². The zero-order chi connectivity index (χ0) is 25.2. The van der Waals surface area contributed by atoms with E-state index in [0.29, 0.717) is 26.0 Å². The number of allylic oxidation sites excluding steroid dienone is 1. The van der Waals surface area contributed by atoms with Crippen LogP contribution in [0.3, 0.4) is 0 Å². The van der Waals surface area contributed by atoms with E-state index in [2.05, 4.69) is 16.0 Å². The Balaban J connectivity index is 1.35. The van der Waals surface area contributed by atoms with Crippen LogP contribution in [-0.4, -0.2) is 35.7 Å². The summed E-state index contributed by atoms with van der Waals surface area (Å²) in [6.07, 6.45) is 5.89. The number of aryl methyl sites for hydroxylation is 1. The molecule has 0 fully saturated rings. The number of nitrogens with one attached hydrogen (secondary N) is 1. The topological polar surface area (TPSA) is 65.4 Å². The molecule has 0 saturated carbocycles. The molecule has 0 radical (unpaired) electrons. The van der Waals surface area contributed by atoms with Gasteiger partial charge in [0.05, 0.1) is 31.2 Å². The predicted molar refractivity (Wildman–Crippen MR) is 144 cm³/mol. The number of aromatic nitrogens is 2. The van der Waals surface area contributed by atoms with Crippen molar-refractivity contribution in [3.05, 3.63) is 95.8 Å². The highest BCUT2D eigenvalue weighted by Gasteiger charge is 2.12. The van der Waals surface area contributed by atoms with Crippen molar-refractivity contribution in [2.24, 2.45) is 0 Å². The van der Waals surface area contributed by atoms with Gasteiger partial charge in [-0.2, -0.15) is 0 Å². The number of hydrogen-bond donors (Lipinski definition) is 1. The van der Waals surface area contributed by atoms with Crippen molar-refractivity contribution in [3.63, 3.8) is 0 Å². The van der Waals surface area contributed by atoms with Crippen molar-refractivity contribution >= 4 is 23.0 Å². The minimum absolute atomic E-state index is 0.0201. The summed E-state index contributed by atoms with van der Waals surface area (Å²) in [5.74, 6) is 2.45. The molecule has 36 heavy (non-hydrogen) atoms. The molecule has 0 aliphatic carbocycles. The van der Waals surface area contributed by atoms with E-state index < -0.39 is 0 Å². The number of imidazole rings is 1. The molecule has 0 spiro atoms. The van der Waals surface area contributed by atoms with Crippen LogP contribution in [0, 0.1) is 0 Å². The number of carbonyl (C=O) groups excluding carboxylic acids is 1. The monoisotopic (exact) mass is 483 g/mol. The van der Waals surface area contributed by atoms with Gasteiger partial charge in [0.25, 0.3) is 0 Å². The SMILES string of the molecule is C/C=C/c1ccc(OCCCn2c(CCNC(=O)Cc3ccccc3)nc3ccccc32)c(OC)c1. The fourth-order valence-corrected chi connectivity index (χ4v) is 4.23. The maximum Gasteiger partial charge on any atom is 0.224 e. The number of nitrogens with zero attached hydrogens (tertiary/aromatic N) is 2. The molecular weight excluding hydrogens is 450 g/mol. The van der Waals surface area contributed by atoms with Gasteiger partial charge in [0, 0.05) is 19.5 Å². The van der Waals surface area contributed by atoms with Crippen LogP contribution in [0.1, 0.15) is 30.3 Å². The van der Waals surface area contributed by atoms with Gasteiger partial charge in [-0.3, -0.25) is 4.79 Å². The van der Waals surface area contributed by atoms with Gasteiger partial charge in [0.2, 0.25) is 5.91 Å². The molecule has 1 amide bonds. The first kappa shape index (κ1) is 25.0. The number of carbonyl (C=O) groups is 1. The molecule has 3 aromatic carbocycles. The first-order valence-corrected chi connectivity index (χ1v) is 12.4. The minimum Gasteiger partial charge on any atom is -0.493 e. The summed E-state index contributed by atoms with van der Waals surface area (Å²) in [7, 11) is 1.66. The van der Waals surface area contributed by atoms with Crippen LogP contribution in [0.5, 0.6) is 11.5 Å². The zero-order valence-corrected chi connectivity index (χ0v) is 20.9. The Bertz CT molecular complexity index is 1310. The summed E-state index contributed by atoms with van der Waals surface area (Å²) < 4.78 is 13.8. The number of amides is 1. The summed E-state index contributed by atoms with van der Waals surface area (Å²) in [5, 5.41) is 3.03. The van der Waals surface area contributed by atoms with Crippen molar-refractivity contribution in [2.75, 3.05) is 20.3 Å². The van der Waals surface area contributed by atoms with Gasteiger partial charge in [0.1, 0.15) is 5.82 Å². The van der Waals surface area contributed by atoms with Crippen molar-refractivity contribution in [1.82, 2.24) is 14.9 Å². The van der Waals surface area contributed by atoms with Crippen LogP contribution in [-0.2, 0) is 24.2 Å². The van der Waals surface area contributed by atoms with Crippen LogP contribution in [0.15, 0.2) is 78.9 Å². The predicted octanol–water partition coefficient (Wildman–Crippen LogP) is 5.45. The van der Waals surface area contributed by atoms with Crippen molar-refractivity contribution in [3.8, 4) is 11.5 Å². The minimum atomic E-state index is 0.0201. The third-order valence-corrected chi connectivity index (χ3v) is 5.94. The molecule has 0 atom stereocenters. The lowest BCUT2D eigenvalue weighted by Gasteiger charge is -2.13. The first-order valence-electron chi connectivity index (χ1n) is 12.4. The van der Waals surface area contributed by atoms with Crippen LogP contribution in [0.4, 0.5) is 0 Å². The summed E-state index contributed by atoms with van der Waals surface area (Å²) in [5.41, 5.74) is 4.14. The first-order chi connectivity index (χ1) is 17.7. The molecule has 6 nitrogen and oxygen atoms in total. The molecule has 4 aromatic rings. The van der Waals surface area contributed by atoms with E-state index in [1.54, 1.807) is 7.11 Å². The molecular formula is C30H33N3O3. The van der Waals surface area contributed by atoms with Gasteiger partial charge in [0.15, 0.2) is 11.5 Å². The van der Waals surface area contributed by atoms with Gasteiger partial charge in [-0.25, -0.2) is 4.98 Å². The molecule has 6 heteroatoms. The van der Waals surface area contributed by atoms with Crippen LogP contribution < -0.4 is 14.8 Å². The highest BCUT2D eigenvalue weighted by atomic mass is 16.5. The third-order valence-electron chi connectivity index (χ3n) is 5.94. The second-order valence-electron chi connectivity index (χ2n) is 8.54. The van der Waals surface area contributed by atoms with E-state index >= 15 is 0 Å². The lowest BCUT2D eigenvalue weighted by Crippen LogP contribution is -2.28. The number of rotatable bonds is 12. The summed E-state index contributed by atoms with van der Waals surface area (Å²) in [6, 6.07) is 23.9. The van der Waals surface area contributed by atoms with Crippen LogP contribution in [0.25, 0.3) is 17.1 Å². The fourth-order valence-electron chi connectivity index (χ4n) is 4.23. The lowest BCUT2D eigenvalue weighted by atomic mass is 10.1. The Labute approximate surface area is 212 Å². The lowest BCUT2D eigenvalue weighted by molar-refractivity contribution is -0.120. The van der Waals surface area contributed by atoms with E-state index in [-0.39, 0.29) is 5.91 Å². The molecule has 1 heterocycles. The fraction of sp³-hybridized carbons (Fsp3) is 0.267. The largest absolute Gasteiger partial charge is 0.493 e. The number of benzene rings is 3. The molecule has 0 aliphatic rings. The van der Waals surface area contributed by atoms with Crippen LogP contribution in [0.2, 0.25) is 0 Å². The Kier molecular flexibility index (Phi) is 8.76. The number of methoxy groups -OCH3 is 1. The molecule has 1 N–H and O–H groups in total. The second-order valence-corrected chi connectivity index (χ2v) is 8.54. The van der Waals surface area contributed by atoms with Gasteiger partial charge in [-0.15, -0.1) is 0 Å². The van der Waals surface area contributed by atoms with Crippen molar-refractivity contribution in [1.29, 1.82) is 0 Å². The number of para-hydroxylation sites is 2. The smallest absolute Gasteiger partial charge is 0.224 e. The number of hydrogen-bond acceptors (Lipinski definition) is 4. The third kappa shape index (κ3) is 6.54. The highest BCUT2D eigenvalue weighted by Crippen LogP contribution is 2.29. The standard InChI is InChI=1S/C30H33N3O3/c1-3-10-23-15-16-27(28(21-23)35-2)36-20-9-19-33-26-14-8-7-13-25(26)32-29(33)17-18-31-30(34)22-24-11-5-4-6-12-24/h3-8,10-16,21H,9,17-20,22H2,1-2H3,(H,31,34)/b10-3+. The maximum absolute atomic E-state index is 12.3. The molecule has 0 unspecified atom stereocenters. The average molecular weight is 484 g/mol. The normalized spacial score (nSPS) is 11.2. The van der Waals surface area contributed by atoms with Gasteiger partial charge < -0.3 is 19.4 Å².